The first-order chi connectivity index (χ1) is 8.24. The molecule has 88 valence electrons. The van der Waals surface area contributed by atoms with Gasteiger partial charge in [0, 0.05) is 11.1 Å². The molecule has 0 atom stereocenters. The van der Waals surface area contributed by atoms with E-state index in [0.717, 1.165) is 10.4 Å². The van der Waals surface area contributed by atoms with Crippen LogP contribution in [0.25, 0.3) is 0 Å². The van der Waals surface area contributed by atoms with Crippen molar-refractivity contribution < 1.29 is 9.53 Å². The summed E-state index contributed by atoms with van der Waals surface area (Å²) < 4.78 is 5.06. The lowest BCUT2D eigenvalue weighted by atomic mass is 10.2. The van der Waals surface area contributed by atoms with Gasteiger partial charge in [-0.3, -0.25) is 5.32 Å². The highest BCUT2D eigenvalue weighted by atomic mass is 32.1. The maximum absolute atomic E-state index is 11.4. The van der Waals surface area contributed by atoms with Gasteiger partial charge in [0.1, 0.15) is 6.61 Å². The van der Waals surface area contributed by atoms with Crippen LogP contribution in [0, 0.1) is 6.92 Å². The van der Waals surface area contributed by atoms with Crippen LogP contribution >= 0.6 is 11.3 Å². The number of anilines is 1. The number of carbonyl (C=O) groups is 1. The van der Waals surface area contributed by atoms with Crippen molar-refractivity contribution in [2.45, 2.75) is 13.5 Å². The summed E-state index contributed by atoms with van der Waals surface area (Å²) in [4.78, 5) is 16.5. The van der Waals surface area contributed by atoms with Gasteiger partial charge in [0.2, 0.25) is 0 Å². The average molecular weight is 248 g/mol. The summed E-state index contributed by atoms with van der Waals surface area (Å²) in [6.45, 7) is 2.19. The Morgan fingerprint density at radius 2 is 2.18 bits per heavy atom. The van der Waals surface area contributed by atoms with Crippen LogP contribution < -0.4 is 5.32 Å². The molecule has 1 heterocycles. The largest absolute Gasteiger partial charge is 0.444 e. The Morgan fingerprint density at radius 1 is 1.41 bits per heavy atom. The third kappa shape index (κ3) is 3.57. The fraction of sp³-hybridized carbons (Fsp3) is 0.167. The first kappa shape index (κ1) is 11.6. The monoisotopic (exact) mass is 248 g/mol. The van der Waals surface area contributed by atoms with Crippen molar-refractivity contribution in [3.8, 4) is 0 Å². The molecule has 1 amide bonds. The van der Waals surface area contributed by atoms with Gasteiger partial charge in [0.15, 0.2) is 5.13 Å². The fourth-order valence-electron chi connectivity index (χ4n) is 1.26. The van der Waals surface area contributed by atoms with Crippen LogP contribution in [0.2, 0.25) is 0 Å². The molecule has 2 rings (SSSR count). The predicted molar refractivity (Wildman–Crippen MR) is 67.1 cm³/mol. The number of benzene rings is 1. The van der Waals surface area contributed by atoms with Crippen LogP contribution in [0.15, 0.2) is 36.5 Å². The van der Waals surface area contributed by atoms with Gasteiger partial charge in [-0.1, -0.05) is 30.3 Å². The van der Waals surface area contributed by atoms with E-state index in [9.17, 15) is 4.79 Å². The summed E-state index contributed by atoms with van der Waals surface area (Å²) in [5.74, 6) is 0. The zero-order chi connectivity index (χ0) is 12.1. The second-order valence-electron chi connectivity index (χ2n) is 3.46. The number of rotatable bonds is 3. The Bertz CT molecular complexity index is 496. The smallest absolute Gasteiger partial charge is 0.413 e. The molecule has 0 radical (unpaired) electrons. The average Bonchev–Trinajstić information content (AvgIpc) is 2.73. The standard InChI is InChI=1S/C12H12N2O2S/c1-9-7-13-11(17-9)14-12(15)16-8-10-5-3-2-4-6-10/h2-7H,8H2,1H3,(H,13,14,15). The number of carbonyl (C=O) groups excluding carboxylic acids is 1. The molecule has 1 N–H and O–H groups in total. The highest BCUT2D eigenvalue weighted by Crippen LogP contribution is 2.16. The third-order valence-electron chi connectivity index (χ3n) is 2.04. The minimum atomic E-state index is -0.483. The molecule has 0 fully saturated rings. The van der Waals surface area contributed by atoms with Crippen molar-refractivity contribution >= 4 is 22.6 Å². The topological polar surface area (TPSA) is 51.2 Å². The normalized spacial score (nSPS) is 9.94. The zero-order valence-electron chi connectivity index (χ0n) is 9.34. The van der Waals surface area contributed by atoms with Crippen LogP contribution in [0.3, 0.4) is 0 Å². The van der Waals surface area contributed by atoms with Crippen molar-refractivity contribution in [2.75, 3.05) is 5.32 Å². The molecule has 1 aromatic heterocycles. The van der Waals surface area contributed by atoms with E-state index < -0.39 is 6.09 Å². The summed E-state index contributed by atoms with van der Waals surface area (Å²) in [6.07, 6.45) is 1.22. The highest BCUT2D eigenvalue weighted by Gasteiger charge is 2.06. The number of hydrogen-bond acceptors (Lipinski definition) is 4. The maximum Gasteiger partial charge on any atom is 0.413 e. The second kappa shape index (κ2) is 5.45. The number of ether oxygens (including phenoxy) is 1. The number of nitrogens with one attached hydrogen (secondary N) is 1. The van der Waals surface area contributed by atoms with E-state index in [1.165, 1.54) is 11.3 Å². The predicted octanol–water partition coefficient (Wildman–Crippen LogP) is 3.20. The van der Waals surface area contributed by atoms with Crippen LogP contribution in [-0.2, 0) is 11.3 Å². The van der Waals surface area contributed by atoms with Gasteiger partial charge < -0.3 is 4.74 Å². The first-order valence-electron chi connectivity index (χ1n) is 5.14. The Labute approximate surface area is 103 Å². The number of aryl methyl sites for hydroxylation is 1. The molecule has 17 heavy (non-hydrogen) atoms. The van der Waals surface area contributed by atoms with Gasteiger partial charge in [0.25, 0.3) is 0 Å². The number of hydrogen-bond donors (Lipinski definition) is 1. The molecule has 0 unspecified atom stereocenters. The second-order valence-corrected chi connectivity index (χ2v) is 4.70. The number of thiazole rings is 1. The SMILES string of the molecule is Cc1cnc(NC(=O)OCc2ccccc2)s1. The lowest BCUT2D eigenvalue weighted by Crippen LogP contribution is -2.13. The summed E-state index contributed by atoms with van der Waals surface area (Å²) in [7, 11) is 0. The van der Waals surface area contributed by atoms with Crippen LogP contribution in [0.5, 0.6) is 0 Å². The molecule has 4 nitrogen and oxygen atoms in total. The number of nitrogens with zero attached hydrogens (tertiary/aromatic N) is 1. The molecular formula is C12H12N2O2S. The van der Waals surface area contributed by atoms with Crippen LogP contribution in [0.1, 0.15) is 10.4 Å². The van der Waals surface area contributed by atoms with E-state index in [0.29, 0.717) is 5.13 Å². The van der Waals surface area contributed by atoms with E-state index in [2.05, 4.69) is 10.3 Å². The van der Waals surface area contributed by atoms with Crippen LogP contribution in [-0.4, -0.2) is 11.1 Å². The molecule has 0 spiro atoms. The third-order valence-corrected chi connectivity index (χ3v) is 2.87. The van der Waals surface area contributed by atoms with Crippen molar-refractivity contribution in [1.29, 1.82) is 0 Å². The van der Waals surface area contributed by atoms with E-state index in [1.807, 2.05) is 37.3 Å². The van der Waals surface area contributed by atoms with Crippen molar-refractivity contribution in [3.05, 3.63) is 47.0 Å². The van der Waals surface area contributed by atoms with E-state index >= 15 is 0 Å². The maximum atomic E-state index is 11.4. The first-order valence-corrected chi connectivity index (χ1v) is 5.96. The molecule has 5 heteroatoms. The molecule has 2 aromatic rings. The molecule has 0 bridgehead atoms. The summed E-state index contributed by atoms with van der Waals surface area (Å²) >= 11 is 1.41. The van der Waals surface area contributed by atoms with Gasteiger partial charge in [-0.25, -0.2) is 9.78 Å². The zero-order valence-corrected chi connectivity index (χ0v) is 10.2. The van der Waals surface area contributed by atoms with Crippen LogP contribution in [0.4, 0.5) is 9.93 Å². The van der Waals surface area contributed by atoms with Gasteiger partial charge in [0.05, 0.1) is 0 Å². The number of amides is 1. The minimum Gasteiger partial charge on any atom is -0.444 e. The lowest BCUT2D eigenvalue weighted by molar-refractivity contribution is 0.155. The Hall–Kier alpha value is -1.88. The van der Waals surface area contributed by atoms with Gasteiger partial charge in [-0.05, 0) is 12.5 Å². The highest BCUT2D eigenvalue weighted by molar-refractivity contribution is 7.15. The number of aromatic nitrogens is 1. The molecular weight excluding hydrogens is 236 g/mol. The Morgan fingerprint density at radius 3 is 2.82 bits per heavy atom. The lowest BCUT2D eigenvalue weighted by Gasteiger charge is -2.04. The molecule has 0 aliphatic rings. The molecule has 1 aromatic carbocycles. The molecule has 0 aliphatic heterocycles. The summed E-state index contributed by atoms with van der Waals surface area (Å²) in [6, 6.07) is 9.53. The van der Waals surface area contributed by atoms with Crippen molar-refractivity contribution in [1.82, 2.24) is 4.98 Å². The Kier molecular flexibility index (Phi) is 3.72. The quantitative estimate of drug-likeness (QED) is 0.907. The summed E-state index contributed by atoms with van der Waals surface area (Å²) in [5, 5.41) is 3.14. The molecule has 0 aliphatic carbocycles. The van der Waals surface area contributed by atoms with Gasteiger partial charge in [-0.15, -0.1) is 11.3 Å². The summed E-state index contributed by atoms with van der Waals surface area (Å²) in [5.41, 5.74) is 0.956. The molecule has 0 saturated carbocycles. The van der Waals surface area contributed by atoms with E-state index in [-0.39, 0.29) is 6.61 Å². The van der Waals surface area contributed by atoms with Crippen molar-refractivity contribution in [2.24, 2.45) is 0 Å². The van der Waals surface area contributed by atoms with Crippen molar-refractivity contribution in [3.63, 3.8) is 0 Å². The van der Waals surface area contributed by atoms with E-state index in [1.54, 1.807) is 6.20 Å². The molecule has 0 saturated heterocycles. The van der Waals surface area contributed by atoms with Gasteiger partial charge in [-0.2, -0.15) is 0 Å². The van der Waals surface area contributed by atoms with Gasteiger partial charge >= 0.3 is 6.09 Å². The fourth-order valence-corrected chi connectivity index (χ4v) is 1.91. The Balaban J connectivity index is 1.82. The van der Waals surface area contributed by atoms with E-state index in [4.69, 9.17) is 4.74 Å². The minimum absolute atomic E-state index is 0.261.